The number of fused-ring (bicyclic) bond motifs is 1. The van der Waals surface area contributed by atoms with Crippen LogP contribution in [0.2, 0.25) is 0 Å². The number of piperidine rings is 1. The lowest BCUT2D eigenvalue weighted by Gasteiger charge is -2.39. The zero-order valence-corrected chi connectivity index (χ0v) is 11.7. The molecular formula is C15H25N3O. The molecule has 4 fully saturated rings. The van der Waals surface area contributed by atoms with Crippen LogP contribution < -0.4 is 5.32 Å². The molecule has 3 unspecified atom stereocenters. The molecule has 0 aromatic rings. The van der Waals surface area contributed by atoms with Crippen molar-refractivity contribution in [1.82, 2.24) is 15.1 Å². The Labute approximate surface area is 115 Å². The van der Waals surface area contributed by atoms with Crippen LogP contribution in [0.3, 0.4) is 0 Å². The molecule has 0 aromatic carbocycles. The number of nitrogens with one attached hydrogen (secondary N) is 1. The SMILES string of the molecule is O=C1C(NC2CC2)CCCN1C1CCN2CCCC12. The summed E-state index contributed by atoms with van der Waals surface area (Å²) in [6, 6.07) is 1.94. The van der Waals surface area contributed by atoms with Crippen LogP contribution in [0.15, 0.2) is 0 Å². The molecular weight excluding hydrogens is 238 g/mol. The number of nitrogens with zero attached hydrogens (tertiary/aromatic N) is 2. The van der Waals surface area contributed by atoms with E-state index >= 15 is 0 Å². The van der Waals surface area contributed by atoms with E-state index in [2.05, 4.69) is 15.1 Å². The van der Waals surface area contributed by atoms with Gasteiger partial charge in [-0.25, -0.2) is 0 Å². The lowest BCUT2D eigenvalue weighted by molar-refractivity contribution is -0.139. The van der Waals surface area contributed by atoms with Crippen molar-refractivity contribution >= 4 is 5.91 Å². The maximum Gasteiger partial charge on any atom is 0.240 e. The van der Waals surface area contributed by atoms with Gasteiger partial charge in [0.05, 0.1) is 6.04 Å². The van der Waals surface area contributed by atoms with Gasteiger partial charge in [0.25, 0.3) is 0 Å². The van der Waals surface area contributed by atoms with Crippen LogP contribution in [-0.4, -0.2) is 59.5 Å². The summed E-state index contributed by atoms with van der Waals surface area (Å²) in [7, 11) is 0. The van der Waals surface area contributed by atoms with Crippen LogP contribution in [0.1, 0.15) is 44.9 Å². The molecule has 3 atom stereocenters. The van der Waals surface area contributed by atoms with E-state index in [1.54, 1.807) is 0 Å². The van der Waals surface area contributed by atoms with Gasteiger partial charge in [0.2, 0.25) is 5.91 Å². The van der Waals surface area contributed by atoms with E-state index in [0.29, 0.717) is 24.0 Å². The van der Waals surface area contributed by atoms with Crippen LogP contribution in [0.4, 0.5) is 0 Å². The number of amides is 1. The van der Waals surface area contributed by atoms with Crippen molar-refractivity contribution in [2.45, 2.75) is 69.1 Å². The lowest BCUT2D eigenvalue weighted by Crippen LogP contribution is -2.56. The van der Waals surface area contributed by atoms with Gasteiger partial charge in [-0.3, -0.25) is 9.69 Å². The third kappa shape index (κ3) is 2.19. The van der Waals surface area contributed by atoms with Crippen molar-refractivity contribution in [3.05, 3.63) is 0 Å². The molecule has 106 valence electrons. The van der Waals surface area contributed by atoms with E-state index in [4.69, 9.17) is 0 Å². The highest BCUT2D eigenvalue weighted by Crippen LogP contribution is 2.33. The van der Waals surface area contributed by atoms with Gasteiger partial charge in [-0.05, 0) is 51.5 Å². The Hall–Kier alpha value is -0.610. The Morgan fingerprint density at radius 1 is 0.895 bits per heavy atom. The van der Waals surface area contributed by atoms with Gasteiger partial charge in [-0.2, -0.15) is 0 Å². The predicted molar refractivity (Wildman–Crippen MR) is 73.9 cm³/mol. The Bertz CT molecular complexity index is 368. The van der Waals surface area contributed by atoms with Crippen LogP contribution in [0, 0.1) is 0 Å². The highest BCUT2D eigenvalue weighted by atomic mass is 16.2. The minimum Gasteiger partial charge on any atom is -0.337 e. The zero-order chi connectivity index (χ0) is 12.8. The van der Waals surface area contributed by atoms with Gasteiger partial charge >= 0.3 is 0 Å². The molecule has 4 heteroatoms. The molecule has 1 saturated carbocycles. The van der Waals surface area contributed by atoms with Crippen LogP contribution in [0.5, 0.6) is 0 Å². The minimum atomic E-state index is 0.122. The highest BCUT2D eigenvalue weighted by Gasteiger charge is 2.44. The third-order valence-electron chi connectivity index (χ3n) is 5.46. The Morgan fingerprint density at radius 2 is 1.74 bits per heavy atom. The third-order valence-corrected chi connectivity index (χ3v) is 5.46. The fraction of sp³-hybridized carbons (Fsp3) is 0.933. The Kier molecular flexibility index (Phi) is 3.03. The first-order valence-corrected chi connectivity index (χ1v) is 8.13. The molecule has 19 heavy (non-hydrogen) atoms. The summed E-state index contributed by atoms with van der Waals surface area (Å²) in [6.07, 6.45) is 8.59. The monoisotopic (exact) mass is 263 g/mol. The number of hydrogen-bond acceptors (Lipinski definition) is 3. The van der Waals surface area contributed by atoms with Gasteiger partial charge in [0, 0.05) is 31.2 Å². The summed E-state index contributed by atoms with van der Waals surface area (Å²) < 4.78 is 0. The van der Waals surface area contributed by atoms with Crippen molar-refractivity contribution in [3.63, 3.8) is 0 Å². The van der Waals surface area contributed by atoms with Gasteiger partial charge < -0.3 is 10.2 Å². The number of carbonyl (C=O) groups is 1. The van der Waals surface area contributed by atoms with E-state index in [-0.39, 0.29) is 6.04 Å². The van der Waals surface area contributed by atoms with Gasteiger partial charge in [-0.1, -0.05) is 0 Å². The number of rotatable bonds is 3. The molecule has 1 amide bonds. The van der Waals surface area contributed by atoms with Gasteiger partial charge in [0.15, 0.2) is 0 Å². The fourth-order valence-electron chi connectivity index (χ4n) is 4.34. The maximum atomic E-state index is 12.7. The van der Waals surface area contributed by atoms with Crippen molar-refractivity contribution in [1.29, 1.82) is 0 Å². The van der Waals surface area contributed by atoms with Crippen LogP contribution >= 0.6 is 0 Å². The Balaban J connectivity index is 1.45. The molecule has 3 heterocycles. The van der Waals surface area contributed by atoms with Crippen molar-refractivity contribution in [2.24, 2.45) is 0 Å². The summed E-state index contributed by atoms with van der Waals surface area (Å²) in [4.78, 5) is 17.6. The molecule has 4 rings (SSSR count). The standard InChI is InChI=1S/C15H25N3O/c19-15-12(16-11-5-6-11)3-1-9-18(15)14-7-10-17-8-2-4-13(14)17/h11-14,16H,1-10H2. The van der Waals surface area contributed by atoms with Crippen molar-refractivity contribution in [3.8, 4) is 0 Å². The molecule has 0 aromatic heterocycles. The molecule has 1 N–H and O–H groups in total. The van der Waals surface area contributed by atoms with Gasteiger partial charge in [0.1, 0.15) is 0 Å². The first-order chi connectivity index (χ1) is 9.33. The number of hydrogen-bond donors (Lipinski definition) is 1. The van der Waals surface area contributed by atoms with Crippen molar-refractivity contribution < 1.29 is 4.79 Å². The lowest BCUT2D eigenvalue weighted by atomic mass is 9.98. The second-order valence-corrected chi connectivity index (χ2v) is 6.77. The first-order valence-electron chi connectivity index (χ1n) is 8.13. The smallest absolute Gasteiger partial charge is 0.240 e. The molecule has 4 aliphatic rings. The summed E-state index contributed by atoms with van der Waals surface area (Å²) >= 11 is 0. The molecule has 3 saturated heterocycles. The summed E-state index contributed by atoms with van der Waals surface area (Å²) in [5.41, 5.74) is 0. The molecule has 0 bridgehead atoms. The first kappa shape index (κ1) is 12.2. The zero-order valence-electron chi connectivity index (χ0n) is 11.7. The molecule has 0 radical (unpaired) electrons. The van der Waals surface area contributed by atoms with E-state index in [0.717, 1.165) is 13.0 Å². The van der Waals surface area contributed by atoms with Crippen LogP contribution in [-0.2, 0) is 4.79 Å². The number of likely N-dealkylation sites (tertiary alicyclic amines) is 1. The van der Waals surface area contributed by atoms with E-state index in [1.165, 1.54) is 51.6 Å². The highest BCUT2D eigenvalue weighted by molar-refractivity contribution is 5.83. The van der Waals surface area contributed by atoms with Crippen LogP contribution in [0.25, 0.3) is 0 Å². The molecule has 1 aliphatic carbocycles. The summed E-state index contributed by atoms with van der Waals surface area (Å²) in [5, 5.41) is 3.55. The largest absolute Gasteiger partial charge is 0.337 e. The van der Waals surface area contributed by atoms with E-state index in [9.17, 15) is 4.79 Å². The molecule has 4 nitrogen and oxygen atoms in total. The average Bonchev–Trinajstić information content (AvgIpc) is 2.96. The minimum absolute atomic E-state index is 0.122. The van der Waals surface area contributed by atoms with Crippen molar-refractivity contribution in [2.75, 3.05) is 19.6 Å². The summed E-state index contributed by atoms with van der Waals surface area (Å²) in [6.45, 7) is 3.46. The average molecular weight is 263 g/mol. The quantitative estimate of drug-likeness (QED) is 0.824. The maximum absolute atomic E-state index is 12.7. The molecule has 0 spiro atoms. The van der Waals surface area contributed by atoms with Gasteiger partial charge in [-0.15, -0.1) is 0 Å². The summed E-state index contributed by atoms with van der Waals surface area (Å²) in [5.74, 6) is 0.400. The normalized spacial score (nSPS) is 39.9. The number of carbonyl (C=O) groups excluding carboxylic acids is 1. The Morgan fingerprint density at radius 3 is 2.58 bits per heavy atom. The second kappa shape index (κ2) is 4.74. The second-order valence-electron chi connectivity index (χ2n) is 6.77. The molecule has 3 aliphatic heterocycles. The fourth-order valence-corrected chi connectivity index (χ4v) is 4.34. The van der Waals surface area contributed by atoms with E-state index < -0.39 is 0 Å². The van der Waals surface area contributed by atoms with E-state index in [1.807, 2.05) is 0 Å². The topological polar surface area (TPSA) is 35.6 Å². The predicted octanol–water partition coefficient (Wildman–Crippen LogP) is 0.966.